The summed E-state index contributed by atoms with van der Waals surface area (Å²) in [7, 11) is 0. The van der Waals surface area contributed by atoms with Gasteiger partial charge in [-0.2, -0.15) is 0 Å². The van der Waals surface area contributed by atoms with Crippen molar-refractivity contribution in [1.82, 2.24) is 10.6 Å². The van der Waals surface area contributed by atoms with Gasteiger partial charge < -0.3 is 10.6 Å². The van der Waals surface area contributed by atoms with E-state index < -0.39 is 0 Å². The SMILES string of the molecule is C=C1NC(=O)C(c2ccccc2)N1. The van der Waals surface area contributed by atoms with E-state index in [0.717, 1.165) is 5.56 Å². The minimum atomic E-state index is -0.284. The predicted molar refractivity (Wildman–Crippen MR) is 49.6 cm³/mol. The molecule has 66 valence electrons. The summed E-state index contributed by atoms with van der Waals surface area (Å²) < 4.78 is 0. The van der Waals surface area contributed by atoms with Crippen LogP contribution in [0.2, 0.25) is 0 Å². The summed E-state index contributed by atoms with van der Waals surface area (Å²) in [5.41, 5.74) is 0.957. The molecule has 1 heterocycles. The van der Waals surface area contributed by atoms with Gasteiger partial charge in [0.1, 0.15) is 6.04 Å². The lowest BCUT2D eigenvalue weighted by Crippen LogP contribution is -2.18. The van der Waals surface area contributed by atoms with Crippen LogP contribution in [0.5, 0.6) is 0 Å². The van der Waals surface area contributed by atoms with Crippen molar-refractivity contribution in [2.24, 2.45) is 0 Å². The Morgan fingerprint density at radius 3 is 2.46 bits per heavy atom. The van der Waals surface area contributed by atoms with Crippen molar-refractivity contribution >= 4 is 5.91 Å². The molecule has 3 heteroatoms. The molecule has 0 spiro atoms. The van der Waals surface area contributed by atoms with Crippen molar-refractivity contribution in [3.8, 4) is 0 Å². The first-order chi connectivity index (χ1) is 6.27. The average Bonchev–Trinajstić information content (AvgIpc) is 2.47. The first kappa shape index (κ1) is 7.86. The normalized spacial score (nSPS) is 21.1. The summed E-state index contributed by atoms with van der Waals surface area (Å²) in [5, 5.41) is 5.59. The highest BCUT2D eigenvalue weighted by Gasteiger charge is 2.26. The third-order valence-corrected chi connectivity index (χ3v) is 1.99. The fraction of sp³-hybridized carbons (Fsp3) is 0.100. The van der Waals surface area contributed by atoms with Gasteiger partial charge in [-0.1, -0.05) is 36.9 Å². The van der Waals surface area contributed by atoms with Crippen LogP contribution >= 0.6 is 0 Å². The highest BCUT2D eigenvalue weighted by molar-refractivity contribution is 5.87. The van der Waals surface area contributed by atoms with E-state index in [-0.39, 0.29) is 11.9 Å². The molecule has 1 aromatic rings. The maximum Gasteiger partial charge on any atom is 0.252 e. The quantitative estimate of drug-likeness (QED) is 0.664. The van der Waals surface area contributed by atoms with Gasteiger partial charge in [0, 0.05) is 0 Å². The molecule has 0 bridgehead atoms. The van der Waals surface area contributed by atoms with Gasteiger partial charge in [0.05, 0.1) is 5.82 Å². The zero-order valence-corrected chi connectivity index (χ0v) is 7.08. The average molecular weight is 174 g/mol. The topological polar surface area (TPSA) is 41.1 Å². The minimum Gasteiger partial charge on any atom is -0.357 e. The van der Waals surface area contributed by atoms with Gasteiger partial charge >= 0.3 is 0 Å². The second-order valence-electron chi connectivity index (χ2n) is 2.96. The lowest BCUT2D eigenvalue weighted by Gasteiger charge is -2.06. The van der Waals surface area contributed by atoms with E-state index in [1.165, 1.54) is 0 Å². The molecular formula is C10H10N2O. The van der Waals surface area contributed by atoms with Crippen LogP contribution in [0.15, 0.2) is 42.7 Å². The molecule has 2 N–H and O–H groups in total. The molecule has 0 aliphatic carbocycles. The molecular weight excluding hydrogens is 164 g/mol. The van der Waals surface area contributed by atoms with Gasteiger partial charge in [-0.05, 0) is 5.56 Å². The number of hydrogen-bond acceptors (Lipinski definition) is 2. The number of hydrogen-bond donors (Lipinski definition) is 2. The van der Waals surface area contributed by atoms with Crippen LogP contribution in [-0.2, 0) is 4.79 Å². The summed E-state index contributed by atoms with van der Waals surface area (Å²) in [4.78, 5) is 11.4. The van der Waals surface area contributed by atoms with E-state index >= 15 is 0 Å². The second-order valence-corrected chi connectivity index (χ2v) is 2.96. The van der Waals surface area contributed by atoms with Crippen molar-refractivity contribution in [2.75, 3.05) is 0 Å². The van der Waals surface area contributed by atoms with E-state index in [0.29, 0.717) is 5.82 Å². The Bertz CT molecular complexity index is 345. The fourth-order valence-corrected chi connectivity index (χ4v) is 1.38. The number of carbonyl (C=O) groups is 1. The molecule has 0 aromatic heterocycles. The van der Waals surface area contributed by atoms with E-state index in [2.05, 4.69) is 17.2 Å². The summed E-state index contributed by atoms with van der Waals surface area (Å²) in [6.45, 7) is 3.64. The molecule has 1 aromatic carbocycles. The maximum atomic E-state index is 11.4. The Balaban J connectivity index is 2.28. The monoisotopic (exact) mass is 174 g/mol. The van der Waals surface area contributed by atoms with Crippen LogP contribution in [0.4, 0.5) is 0 Å². The number of benzene rings is 1. The second kappa shape index (κ2) is 2.94. The molecule has 0 radical (unpaired) electrons. The first-order valence-electron chi connectivity index (χ1n) is 4.08. The molecule has 2 rings (SSSR count). The Kier molecular flexibility index (Phi) is 1.77. The summed E-state index contributed by atoms with van der Waals surface area (Å²) in [6.07, 6.45) is 0. The molecule has 0 saturated carbocycles. The number of carbonyl (C=O) groups excluding carboxylic acids is 1. The lowest BCUT2D eigenvalue weighted by molar-refractivity contribution is -0.120. The van der Waals surface area contributed by atoms with Gasteiger partial charge in [0.15, 0.2) is 0 Å². The Hall–Kier alpha value is -1.77. The third-order valence-electron chi connectivity index (χ3n) is 1.99. The Morgan fingerprint density at radius 1 is 1.23 bits per heavy atom. The predicted octanol–water partition coefficient (Wildman–Crippen LogP) is 0.918. The lowest BCUT2D eigenvalue weighted by atomic mass is 10.1. The highest BCUT2D eigenvalue weighted by atomic mass is 16.2. The minimum absolute atomic E-state index is 0.0452. The van der Waals surface area contributed by atoms with Gasteiger partial charge in [0.25, 0.3) is 5.91 Å². The molecule has 13 heavy (non-hydrogen) atoms. The Labute approximate surface area is 76.5 Å². The largest absolute Gasteiger partial charge is 0.357 e. The molecule has 3 nitrogen and oxygen atoms in total. The summed E-state index contributed by atoms with van der Waals surface area (Å²) >= 11 is 0. The summed E-state index contributed by atoms with van der Waals surface area (Å²) in [5.74, 6) is 0.523. The molecule has 1 saturated heterocycles. The Morgan fingerprint density at radius 2 is 1.92 bits per heavy atom. The van der Waals surface area contributed by atoms with Gasteiger partial charge in [-0.15, -0.1) is 0 Å². The highest BCUT2D eigenvalue weighted by Crippen LogP contribution is 2.17. The van der Waals surface area contributed by atoms with Crippen LogP contribution in [0.25, 0.3) is 0 Å². The van der Waals surface area contributed by atoms with Crippen molar-refractivity contribution in [3.05, 3.63) is 48.3 Å². The van der Waals surface area contributed by atoms with Crippen molar-refractivity contribution in [2.45, 2.75) is 6.04 Å². The maximum absolute atomic E-state index is 11.4. The van der Waals surface area contributed by atoms with E-state index in [9.17, 15) is 4.79 Å². The van der Waals surface area contributed by atoms with Gasteiger partial charge in [0.2, 0.25) is 0 Å². The zero-order valence-electron chi connectivity index (χ0n) is 7.08. The van der Waals surface area contributed by atoms with Crippen LogP contribution in [0.1, 0.15) is 11.6 Å². The van der Waals surface area contributed by atoms with Crippen molar-refractivity contribution in [3.63, 3.8) is 0 Å². The molecule has 1 atom stereocenters. The molecule has 1 fully saturated rings. The van der Waals surface area contributed by atoms with E-state index in [1.54, 1.807) is 0 Å². The summed E-state index contributed by atoms with van der Waals surface area (Å²) in [6, 6.07) is 9.28. The zero-order chi connectivity index (χ0) is 9.26. The standard InChI is InChI=1S/C10H10N2O/c1-7-11-9(10(13)12-7)8-5-3-2-4-6-8/h2-6,9,11H,1H2,(H,12,13). The van der Waals surface area contributed by atoms with Crippen molar-refractivity contribution in [1.29, 1.82) is 0 Å². The first-order valence-corrected chi connectivity index (χ1v) is 4.08. The number of rotatable bonds is 1. The fourth-order valence-electron chi connectivity index (χ4n) is 1.38. The molecule has 1 unspecified atom stereocenters. The van der Waals surface area contributed by atoms with Crippen molar-refractivity contribution < 1.29 is 4.79 Å². The molecule has 1 aliphatic heterocycles. The van der Waals surface area contributed by atoms with E-state index in [4.69, 9.17) is 0 Å². The van der Waals surface area contributed by atoms with E-state index in [1.807, 2.05) is 30.3 Å². The number of amides is 1. The van der Waals surface area contributed by atoms with Gasteiger partial charge in [-0.3, -0.25) is 4.79 Å². The third kappa shape index (κ3) is 1.40. The van der Waals surface area contributed by atoms with Crippen LogP contribution < -0.4 is 10.6 Å². The smallest absolute Gasteiger partial charge is 0.252 e. The molecule has 1 aliphatic rings. The van der Waals surface area contributed by atoms with Gasteiger partial charge in [-0.25, -0.2) is 0 Å². The van der Waals surface area contributed by atoms with Crippen LogP contribution in [0.3, 0.4) is 0 Å². The number of nitrogens with one attached hydrogen (secondary N) is 2. The molecule has 1 amide bonds. The van der Waals surface area contributed by atoms with Crippen LogP contribution in [0, 0.1) is 0 Å². The van der Waals surface area contributed by atoms with Crippen LogP contribution in [-0.4, -0.2) is 5.91 Å².